The summed E-state index contributed by atoms with van der Waals surface area (Å²) in [5.41, 5.74) is 0.937. The Balaban J connectivity index is 0.722. The summed E-state index contributed by atoms with van der Waals surface area (Å²) in [7, 11) is 0. The number of carbonyl (C=O) groups is 7. The third-order valence-electron chi connectivity index (χ3n) is 15.6. The number of benzene rings is 5. The smallest absolute Gasteiger partial charge is 0.456 e. The highest BCUT2D eigenvalue weighted by Gasteiger charge is 2.54. The van der Waals surface area contributed by atoms with Gasteiger partial charge in [0.2, 0.25) is 11.8 Å². The van der Waals surface area contributed by atoms with Gasteiger partial charge in [-0.2, -0.15) is 26.3 Å². The van der Waals surface area contributed by atoms with Gasteiger partial charge in [0.05, 0.1) is 11.3 Å². The third kappa shape index (κ3) is 13.1. The van der Waals surface area contributed by atoms with Gasteiger partial charge in [0.15, 0.2) is 11.4 Å². The molecule has 1 aromatic heterocycles. The number of aromatic nitrogens is 1. The molecule has 5 amide bonds. The lowest BCUT2D eigenvalue weighted by Crippen LogP contribution is -2.35. The molecule has 3 heterocycles. The van der Waals surface area contributed by atoms with Gasteiger partial charge in [0.1, 0.15) is 18.0 Å². The third-order valence-corrected chi connectivity index (χ3v) is 15.6. The predicted octanol–water partition coefficient (Wildman–Crippen LogP) is 12.1. The van der Waals surface area contributed by atoms with Crippen molar-refractivity contribution in [1.82, 2.24) is 15.2 Å². The standard InChI is InChI=1S/C62H62F6N6O9/c1-3-37-14-13-16-44(30-37)73(4-2)54(76)36-74-49-17-10-9-15-40(49)33-50(74)51(75)31-38-18-20-39(21-19-38)55(77)69-28-11-7-5-6-8-12-29-70-56(78)41-22-25-45-48(32-41)60(83-57(45)79)46-26-23-42(71-58(80)61(63,64)65)34-52(46)82-53-35-43(24-27-47(53)60)72-59(81)62(66,67)68/h9-10,13-17,22-27,30,32-35,38-39H,3-8,11-12,18-21,28-29,31,36H2,1-2H3,(H,69,77)(H,70,78)(H,71,80)(H,72,81). The molecule has 3 aliphatic rings. The molecule has 21 heteroatoms. The van der Waals surface area contributed by atoms with Crippen molar-refractivity contribution in [3.05, 3.63) is 148 Å². The molecule has 5 aromatic carbocycles. The number of halogens is 6. The Labute approximate surface area is 474 Å². The summed E-state index contributed by atoms with van der Waals surface area (Å²) in [5.74, 6) is -6.55. The lowest BCUT2D eigenvalue weighted by molar-refractivity contribution is -0.167. The average Bonchev–Trinajstić information content (AvgIpc) is 4.21. The number of unbranched alkanes of at least 4 members (excludes halogenated alkanes) is 5. The van der Waals surface area contributed by atoms with Crippen LogP contribution >= 0.6 is 0 Å². The van der Waals surface area contributed by atoms with Crippen molar-refractivity contribution in [1.29, 1.82) is 0 Å². The van der Waals surface area contributed by atoms with E-state index in [2.05, 4.69) is 17.6 Å². The van der Waals surface area contributed by atoms with E-state index >= 15 is 0 Å². The Kier molecular flexibility index (Phi) is 17.8. The summed E-state index contributed by atoms with van der Waals surface area (Å²) < 4.78 is 92.9. The minimum absolute atomic E-state index is 0.00868. The zero-order valence-corrected chi connectivity index (χ0v) is 45.7. The monoisotopic (exact) mass is 1150 g/mol. The number of alkyl halides is 6. The van der Waals surface area contributed by atoms with E-state index < -0.39 is 41.6 Å². The van der Waals surface area contributed by atoms with E-state index in [-0.39, 0.29) is 86.7 Å². The highest BCUT2D eigenvalue weighted by atomic mass is 19.4. The van der Waals surface area contributed by atoms with Gasteiger partial charge in [-0.1, -0.05) is 62.9 Å². The van der Waals surface area contributed by atoms with Crippen LogP contribution in [-0.4, -0.2) is 77.8 Å². The largest absolute Gasteiger partial charge is 0.471 e. The minimum Gasteiger partial charge on any atom is -0.456 e. The molecule has 0 radical (unpaired) electrons. The number of anilines is 3. The number of aryl methyl sites for hydroxylation is 1. The van der Waals surface area contributed by atoms with Crippen LogP contribution in [0.25, 0.3) is 10.9 Å². The second-order valence-electron chi connectivity index (χ2n) is 21.1. The zero-order chi connectivity index (χ0) is 59.2. The SMILES string of the molecule is CCc1cccc(N(CC)C(=O)Cn2c(C(=O)CC3CCC(C(=O)NCCCCCCCCNC(=O)c4ccc5c(c4)C4(OC5=O)c5ccc(NC(=O)C(F)(F)F)cc5Oc5cc(NC(=O)C(F)(F)F)ccc54)CC3)cc3ccccc32)c1. The molecule has 83 heavy (non-hydrogen) atoms. The number of nitrogens with zero attached hydrogens (tertiary/aromatic N) is 2. The molecule has 0 bridgehead atoms. The van der Waals surface area contributed by atoms with Crippen molar-refractivity contribution >= 4 is 69.3 Å². The number of esters is 1. The van der Waals surface area contributed by atoms with E-state index in [1.54, 1.807) is 15.5 Å². The highest BCUT2D eigenvalue weighted by Crippen LogP contribution is 2.57. The quantitative estimate of drug-likeness (QED) is 0.0235. The van der Waals surface area contributed by atoms with E-state index in [1.165, 1.54) is 30.3 Å². The number of amides is 5. The molecule has 0 saturated heterocycles. The van der Waals surface area contributed by atoms with Crippen LogP contribution < -0.4 is 30.9 Å². The van der Waals surface area contributed by atoms with Gasteiger partial charge in [0.25, 0.3) is 5.91 Å². The first-order valence-electron chi connectivity index (χ1n) is 27.9. The van der Waals surface area contributed by atoms with Crippen molar-refractivity contribution < 1.29 is 69.4 Å². The Bertz CT molecular complexity index is 3400. The molecular formula is C62H62F6N6O9. The van der Waals surface area contributed by atoms with Gasteiger partial charge in [-0.3, -0.25) is 28.8 Å². The number of fused-ring (bicyclic) bond motifs is 7. The van der Waals surface area contributed by atoms with Crippen LogP contribution in [0.2, 0.25) is 0 Å². The Morgan fingerprint density at radius 3 is 1.89 bits per heavy atom. The molecular weight excluding hydrogens is 1090 g/mol. The summed E-state index contributed by atoms with van der Waals surface area (Å²) in [6.07, 6.45) is -1.55. The van der Waals surface area contributed by atoms with Crippen LogP contribution in [0.5, 0.6) is 11.5 Å². The summed E-state index contributed by atoms with van der Waals surface area (Å²) in [6.45, 7) is 5.39. The molecule has 6 aromatic rings. The number of carbonyl (C=O) groups excluding carboxylic acids is 7. The van der Waals surface area contributed by atoms with E-state index in [1.807, 2.05) is 66.1 Å². The van der Waals surface area contributed by atoms with E-state index in [0.29, 0.717) is 51.0 Å². The fourth-order valence-electron chi connectivity index (χ4n) is 11.3. The number of Topliss-reactive ketones (excluding diaryl/α,β-unsaturated/α-hetero) is 1. The molecule has 0 atom stereocenters. The first-order chi connectivity index (χ1) is 39.7. The van der Waals surface area contributed by atoms with Gasteiger partial charge in [-0.15, -0.1) is 0 Å². The number of likely N-dealkylation sites (N-methyl/N-ethyl adjacent to an activating group) is 1. The first-order valence-corrected chi connectivity index (χ1v) is 27.9. The molecule has 15 nitrogen and oxygen atoms in total. The maximum absolute atomic E-state index is 14.0. The van der Waals surface area contributed by atoms with Crippen LogP contribution in [0.1, 0.15) is 138 Å². The molecule has 1 fully saturated rings. The van der Waals surface area contributed by atoms with Crippen molar-refractivity contribution in [3.63, 3.8) is 0 Å². The number of ketones is 1. The topological polar surface area (TPSA) is 194 Å². The van der Waals surface area contributed by atoms with Crippen LogP contribution in [0, 0.1) is 11.8 Å². The number of hydrogen-bond donors (Lipinski definition) is 4. The minimum atomic E-state index is -5.26. The second kappa shape index (κ2) is 24.9. The molecule has 436 valence electrons. The Morgan fingerprint density at radius 1 is 0.663 bits per heavy atom. The van der Waals surface area contributed by atoms with Gasteiger partial charge in [0, 0.05) is 94.3 Å². The predicted molar refractivity (Wildman–Crippen MR) is 297 cm³/mol. The van der Waals surface area contributed by atoms with Gasteiger partial charge >= 0.3 is 30.1 Å². The maximum Gasteiger partial charge on any atom is 0.471 e. The van der Waals surface area contributed by atoms with Gasteiger partial charge in [-0.25, -0.2) is 4.79 Å². The summed E-state index contributed by atoms with van der Waals surface area (Å²) in [4.78, 5) is 93.5. The lowest BCUT2D eigenvalue weighted by Gasteiger charge is -2.37. The highest BCUT2D eigenvalue weighted by molar-refractivity contribution is 6.03. The Hall–Kier alpha value is -8.49. The average molecular weight is 1150 g/mol. The van der Waals surface area contributed by atoms with Gasteiger partial charge < -0.3 is 40.2 Å². The first kappa shape index (κ1) is 59.1. The number of para-hydroxylation sites is 1. The molecule has 1 spiro atoms. The van der Waals surface area contributed by atoms with E-state index in [4.69, 9.17) is 9.47 Å². The summed E-state index contributed by atoms with van der Waals surface area (Å²) in [5, 5.41) is 10.3. The fraction of sp³-hybridized carbons (Fsp3) is 0.371. The van der Waals surface area contributed by atoms with E-state index in [0.717, 1.165) is 97.8 Å². The summed E-state index contributed by atoms with van der Waals surface area (Å²) >= 11 is 0. The van der Waals surface area contributed by atoms with Crippen LogP contribution in [0.3, 0.4) is 0 Å². The van der Waals surface area contributed by atoms with Crippen molar-refractivity contribution in [2.45, 2.75) is 115 Å². The number of nitrogens with one attached hydrogen (secondary N) is 4. The number of ether oxygens (including phenoxy) is 2. The molecule has 4 N–H and O–H groups in total. The fourth-order valence-corrected chi connectivity index (χ4v) is 11.3. The second-order valence-corrected chi connectivity index (χ2v) is 21.1. The van der Waals surface area contributed by atoms with Crippen LogP contribution in [0.15, 0.2) is 109 Å². The number of hydrogen-bond acceptors (Lipinski definition) is 9. The Morgan fingerprint density at radius 2 is 1.28 bits per heavy atom. The van der Waals surface area contributed by atoms with Gasteiger partial charge in [-0.05, 0) is 130 Å². The van der Waals surface area contributed by atoms with Crippen molar-refractivity contribution in [2.75, 3.05) is 35.2 Å². The molecule has 2 aliphatic heterocycles. The van der Waals surface area contributed by atoms with Crippen LogP contribution in [0.4, 0.5) is 43.4 Å². The molecule has 1 aliphatic carbocycles. The molecule has 9 rings (SSSR count). The zero-order valence-electron chi connectivity index (χ0n) is 45.7. The van der Waals surface area contributed by atoms with E-state index in [9.17, 15) is 59.9 Å². The van der Waals surface area contributed by atoms with Crippen LogP contribution in [-0.2, 0) is 42.5 Å². The maximum atomic E-state index is 14.0. The lowest BCUT2D eigenvalue weighted by atomic mass is 9.77. The van der Waals surface area contributed by atoms with Crippen molar-refractivity contribution in [3.8, 4) is 11.5 Å². The molecule has 1 saturated carbocycles. The molecule has 0 unspecified atom stereocenters. The normalized spacial score (nSPS) is 16.0. The summed E-state index contributed by atoms with van der Waals surface area (Å²) in [6, 6.07) is 28.5. The van der Waals surface area contributed by atoms with Crippen molar-refractivity contribution in [2.24, 2.45) is 11.8 Å². The number of rotatable bonds is 21.